The second-order valence-electron chi connectivity index (χ2n) is 6.39. The predicted octanol–water partition coefficient (Wildman–Crippen LogP) is 4.87. The summed E-state index contributed by atoms with van der Waals surface area (Å²) in [5.41, 5.74) is -0.129. The Bertz CT molecular complexity index is 571. The molecule has 1 aromatic rings. The molecule has 0 radical (unpaired) electrons. The summed E-state index contributed by atoms with van der Waals surface area (Å²) < 4.78 is 14.0. The lowest BCUT2D eigenvalue weighted by Gasteiger charge is -2.38. The molecule has 4 heteroatoms. The summed E-state index contributed by atoms with van der Waals surface area (Å²) in [6.45, 7) is 4.10. The molecule has 1 aliphatic carbocycles. The van der Waals surface area contributed by atoms with Gasteiger partial charge in [-0.1, -0.05) is 44.4 Å². The van der Waals surface area contributed by atoms with Gasteiger partial charge in [-0.05, 0) is 30.4 Å². The lowest BCUT2D eigenvalue weighted by atomic mass is 9.65. The van der Waals surface area contributed by atoms with Crippen LogP contribution >= 0.6 is 11.6 Å². The van der Waals surface area contributed by atoms with E-state index in [4.69, 9.17) is 11.6 Å². The minimum atomic E-state index is -1.12. The first-order chi connectivity index (χ1) is 9.88. The molecule has 2 nitrogen and oxygen atoms in total. The smallest absolute Gasteiger partial charge is 0.158 e. The van der Waals surface area contributed by atoms with Crippen LogP contribution in [0.15, 0.2) is 18.2 Å². The van der Waals surface area contributed by atoms with Crippen LogP contribution in [0.25, 0.3) is 0 Å². The molecule has 2 unspecified atom stereocenters. The van der Waals surface area contributed by atoms with Gasteiger partial charge in [-0.25, -0.2) is 4.39 Å². The Kier molecular flexibility index (Phi) is 4.68. The van der Waals surface area contributed by atoms with Crippen molar-refractivity contribution in [2.45, 2.75) is 45.4 Å². The fourth-order valence-corrected chi connectivity index (χ4v) is 3.55. The summed E-state index contributed by atoms with van der Waals surface area (Å²) in [4.78, 5) is 12.8. The molecular weight excluding hydrogens is 289 g/mol. The van der Waals surface area contributed by atoms with E-state index >= 15 is 0 Å². The molecular formula is C17H19ClFNO. The van der Waals surface area contributed by atoms with Crippen LogP contribution in [0, 0.1) is 28.5 Å². The van der Waals surface area contributed by atoms with Crippen molar-refractivity contribution < 1.29 is 9.18 Å². The van der Waals surface area contributed by atoms with Gasteiger partial charge >= 0.3 is 0 Å². The molecule has 0 aromatic heterocycles. The van der Waals surface area contributed by atoms with E-state index in [1.165, 1.54) is 18.2 Å². The standard InChI is InChI=1S/C17H19ClFNO/c1-17(2)9-4-3-6-12(17)16(21)11(10-20)15-13(18)7-5-8-14(15)19/h5,7-8,11-12H,3-4,6,9H2,1-2H3. The van der Waals surface area contributed by atoms with Crippen molar-refractivity contribution in [2.24, 2.45) is 11.3 Å². The molecule has 0 N–H and O–H groups in total. The molecule has 0 spiro atoms. The van der Waals surface area contributed by atoms with Crippen LogP contribution < -0.4 is 0 Å². The zero-order valence-corrected chi connectivity index (χ0v) is 13.1. The van der Waals surface area contributed by atoms with Crippen LogP contribution in [0.2, 0.25) is 5.02 Å². The van der Waals surface area contributed by atoms with Crippen LogP contribution in [-0.4, -0.2) is 5.78 Å². The molecule has 1 aromatic carbocycles. The van der Waals surface area contributed by atoms with Gasteiger partial charge in [0.25, 0.3) is 0 Å². The lowest BCUT2D eigenvalue weighted by Crippen LogP contribution is -2.36. The largest absolute Gasteiger partial charge is 0.298 e. The van der Waals surface area contributed by atoms with E-state index in [1.807, 2.05) is 19.9 Å². The third-order valence-corrected chi connectivity index (χ3v) is 4.88. The minimum Gasteiger partial charge on any atom is -0.298 e. The van der Waals surface area contributed by atoms with Crippen LogP contribution in [0.5, 0.6) is 0 Å². The summed E-state index contributed by atoms with van der Waals surface area (Å²) in [6, 6.07) is 6.20. The Morgan fingerprint density at radius 2 is 2.19 bits per heavy atom. The van der Waals surface area contributed by atoms with Gasteiger partial charge in [-0.3, -0.25) is 4.79 Å². The highest BCUT2D eigenvalue weighted by molar-refractivity contribution is 6.31. The number of carbonyl (C=O) groups is 1. The van der Waals surface area contributed by atoms with Gasteiger partial charge in [-0.15, -0.1) is 0 Å². The summed E-state index contributed by atoms with van der Waals surface area (Å²) in [6.07, 6.45) is 3.78. The van der Waals surface area contributed by atoms with Gasteiger partial charge < -0.3 is 0 Å². The number of rotatable bonds is 3. The normalized spacial score (nSPS) is 22.3. The fraction of sp³-hybridized carbons (Fsp3) is 0.529. The Labute approximate surface area is 129 Å². The number of Topliss-reactive ketones (excluding diaryl/α,β-unsaturated/α-hetero) is 1. The first kappa shape index (κ1) is 16.0. The summed E-state index contributed by atoms with van der Waals surface area (Å²) in [5, 5.41) is 9.55. The van der Waals surface area contributed by atoms with Gasteiger partial charge in [0.1, 0.15) is 11.7 Å². The maximum absolute atomic E-state index is 14.0. The van der Waals surface area contributed by atoms with Crippen LogP contribution in [0.3, 0.4) is 0 Å². The van der Waals surface area contributed by atoms with Crippen LogP contribution in [-0.2, 0) is 4.79 Å². The highest BCUT2D eigenvalue weighted by Crippen LogP contribution is 2.44. The van der Waals surface area contributed by atoms with E-state index < -0.39 is 11.7 Å². The van der Waals surface area contributed by atoms with Gasteiger partial charge in [0.05, 0.1) is 6.07 Å². The number of ketones is 1. The fourth-order valence-electron chi connectivity index (χ4n) is 3.28. The van der Waals surface area contributed by atoms with Gasteiger partial charge in [0.2, 0.25) is 0 Å². The number of nitrogens with zero attached hydrogens (tertiary/aromatic N) is 1. The summed E-state index contributed by atoms with van der Waals surface area (Å²) >= 11 is 6.01. The average Bonchev–Trinajstić information content (AvgIpc) is 2.42. The SMILES string of the molecule is CC1(C)CCCCC1C(=O)C(C#N)c1c(F)cccc1Cl. The molecule has 0 bridgehead atoms. The third kappa shape index (κ3) is 3.11. The monoisotopic (exact) mass is 307 g/mol. The second kappa shape index (κ2) is 6.15. The number of carbonyl (C=O) groups excluding carboxylic acids is 1. The zero-order chi connectivity index (χ0) is 15.6. The molecule has 1 fully saturated rings. The number of halogens is 2. The molecule has 0 heterocycles. The van der Waals surface area contributed by atoms with Crippen molar-refractivity contribution in [3.8, 4) is 6.07 Å². The highest BCUT2D eigenvalue weighted by Gasteiger charge is 2.41. The summed E-state index contributed by atoms with van der Waals surface area (Å²) in [7, 11) is 0. The van der Waals surface area contributed by atoms with Crippen molar-refractivity contribution in [3.05, 3.63) is 34.6 Å². The van der Waals surface area contributed by atoms with Crippen LogP contribution in [0.4, 0.5) is 4.39 Å². The molecule has 1 aliphatic rings. The Morgan fingerprint density at radius 3 is 2.76 bits per heavy atom. The molecule has 0 amide bonds. The maximum atomic E-state index is 14.0. The number of nitriles is 1. The minimum absolute atomic E-state index is 0.0213. The highest BCUT2D eigenvalue weighted by atomic mass is 35.5. The number of benzene rings is 1. The summed E-state index contributed by atoms with van der Waals surface area (Å²) in [5.74, 6) is -2.13. The average molecular weight is 308 g/mol. The van der Waals surface area contributed by atoms with Gasteiger partial charge in [-0.2, -0.15) is 5.26 Å². The first-order valence-electron chi connectivity index (χ1n) is 7.25. The number of hydrogen-bond donors (Lipinski definition) is 0. The van der Waals surface area contributed by atoms with E-state index in [9.17, 15) is 14.4 Å². The second-order valence-corrected chi connectivity index (χ2v) is 6.79. The van der Waals surface area contributed by atoms with Gasteiger partial charge in [0.15, 0.2) is 5.78 Å². The van der Waals surface area contributed by atoms with E-state index in [0.717, 1.165) is 25.7 Å². The first-order valence-corrected chi connectivity index (χ1v) is 7.63. The third-order valence-electron chi connectivity index (χ3n) is 4.55. The van der Waals surface area contributed by atoms with Gasteiger partial charge in [0, 0.05) is 16.5 Å². The lowest BCUT2D eigenvalue weighted by molar-refractivity contribution is -0.128. The zero-order valence-electron chi connectivity index (χ0n) is 12.3. The van der Waals surface area contributed by atoms with E-state index in [0.29, 0.717) is 0 Å². The molecule has 1 saturated carbocycles. The maximum Gasteiger partial charge on any atom is 0.158 e. The molecule has 0 aliphatic heterocycles. The Balaban J connectivity index is 2.38. The topological polar surface area (TPSA) is 40.9 Å². The molecule has 0 saturated heterocycles. The van der Waals surface area contributed by atoms with Crippen molar-refractivity contribution in [1.82, 2.24) is 0 Å². The molecule has 2 rings (SSSR count). The van der Waals surface area contributed by atoms with Crippen molar-refractivity contribution in [2.75, 3.05) is 0 Å². The Morgan fingerprint density at radius 1 is 1.48 bits per heavy atom. The molecule has 2 atom stereocenters. The molecule has 112 valence electrons. The Hall–Kier alpha value is -1.40. The number of hydrogen-bond acceptors (Lipinski definition) is 2. The molecule has 21 heavy (non-hydrogen) atoms. The van der Waals surface area contributed by atoms with E-state index in [2.05, 4.69) is 0 Å². The van der Waals surface area contributed by atoms with E-state index in [-0.39, 0.29) is 27.7 Å². The van der Waals surface area contributed by atoms with E-state index in [1.54, 1.807) is 0 Å². The van der Waals surface area contributed by atoms with Crippen molar-refractivity contribution in [3.63, 3.8) is 0 Å². The predicted molar refractivity (Wildman–Crippen MR) is 80.5 cm³/mol. The van der Waals surface area contributed by atoms with Crippen LogP contribution in [0.1, 0.15) is 51.0 Å². The van der Waals surface area contributed by atoms with Crippen molar-refractivity contribution in [1.29, 1.82) is 5.26 Å². The quantitative estimate of drug-likeness (QED) is 0.799. The van der Waals surface area contributed by atoms with Crippen molar-refractivity contribution >= 4 is 17.4 Å².